The van der Waals surface area contributed by atoms with Gasteiger partial charge >= 0.3 is 0 Å². The Morgan fingerprint density at radius 1 is 0.500 bits per heavy atom. The number of nitrogens with zero attached hydrogens (tertiary/aromatic N) is 4. The summed E-state index contributed by atoms with van der Waals surface area (Å²) in [6, 6.07) is 45.7. The molecule has 7 heteroatoms. The molecule has 11 aromatic carbocycles. The van der Waals surface area contributed by atoms with E-state index in [0.717, 1.165) is 60.7 Å². The van der Waals surface area contributed by atoms with E-state index >= 15 is 0 Å². The van der Waals surface area contributed by atoms with Gasteiger partial charge < -0.3 is 9.30 Å². The zero-order valence-electron chi connectivity index (χ0n) is 66.8. The van der Waals surface area contributed by atoms with Gasteiger partial charge in [0.25, 0.3) is 6.33 Å². The van der Waals surface area contributed by atoms with Gasteiger partial charge in [0.1, 0.15) is 11.5 Å². The summed E-state index contributed by atoms with van der Waals surface area (Å²) in [4.78, 5) is 4.65. The molecular weight excluding hydrogens is 1270 g/mol. The quantitative estimate of drug-likeness (QED) is 0.0625. The van der Waals surface area contributed by atoms with Crippen LogP contribution in [-0.4, -0.2) is 22.2 Å². The van der Waals surface area contributed by atoms with E-state index in [9.17, 15) is 16.4 Å². The van der Waals surface area contributed by atoms with E-state index in [1.165, 1.54) is 12.3 Å². The van der Waals surface area contributed by atoms with Gasteiger partial charge in [0.15, 0.2) is 19.1 Å². The summed E-state index contributed by atoms with van der Waals surface area (Å²) >= 11 is 0. The van der Waals surface area contributed by atoms with Crippen molar-refractivity contribution in [1.29, 1.82) is 0 Å². The van der Waals surface area contributed by atoms with Gasteiger partial charge in [0, 0.05) is 70.8 Å². The number of pyridine rings is 1. The molecule has 3 aromatic heterocycles. The molecule has 0 bridgehead atoms. The third kappa shape index (κ3) is 9.49. The molecule has 0 N–H and O–H groups in total. The van der Waals surface area contributed by atoms with Crippen LogP contribution < -0.4 is 30.1 Å². The van der Waals surface area contributed by atoms with Crippen LogP contribution >= 0.6 is 0 Å². The Morgan fingerprint density at radius 2 is 1.08 bits per heavy atom. The maximum Gasteiger partial charge on any atom is 0.253 e. The van der Waals surface area contributed by atoms with Crippen molar-refractivity contribution in [2.24, 2.45) is 0 Å². The van der Waals surface area contributed by atoms with E-state index in [2.05, 4.69) is 81.4 Å². The van der Waals surface area contributed by atoms with Crippen LogP contribution in [0.15, 0.2) is 267 Å². The molecule has 0 saturated heterocycles. The molecule has 0 aliphatic carbocycles. The Bertz CT molecular complexity index is 5790. The summed E-state index contributed by atoms with van der Waals surface area (Å²) in [5, 5.41) is -0.105. The maximum atomic E-state index is 9.97. The van der Waals surface area contributed by atoms with Gasteiger partial charge in [-0.05, 0) is 119 Å². The predicted octanol–water partition coefficient (Wildman–Crippen LogP) is 17.1. The van der Waals surface area contributed by atoms with Gasteiger partial charge in [-0.15, -0.1) is 29.7 Å². The number of aryl methyl sites for hydroxylation is 1. The Hall–Kier alpha value is -9.45. The zero-order chi connectivity index (χ0) is 74.7. The number of hydrogen-bond acceptors (Lipinski definition) is 2. The van der Waals surface area contributed by atoms with Crippen LogP contribution in [0.3, 0.4) is 0 Å². The number of benzene rings is 11. The minimum atomic E-state index is -5.65. The number of hydrogen-bond donors (Lipinski definition) is 0. The van der Waals surface area contributed by atoms with E-state index < -0.39 is 121 Å². The van der Waals surface area contributed by atoms with E-state index in [-0.39, 0.29) is 42.6 Å². The Labute approximate surface area is 556 Å². The summed E-state index contributed by atoms with van der Waals surface area (Å²) in [6.45, 7) is 10.6. The third-order valence-corrected chi connectivity index (χ3v) is 20.8. The number of imidazole rings is 1. The molecule has 430 valence electrons. The smallest absolute Gasteiger partial charge is 0.253 e. The Balaban J connectivity index is 0.00000944. The SMILES string of the molecule is [2H]c1c([2H])c([2H])c([Si](c2ccc3c(c2)-c2cccc(-c4cc(C(C)(C)C)cc(C(C)(C)C)c4)c2-[n+]2cn(-c4[c-]c(Oc5[c-]c6c(cc5)c5ccccc5n6-c5cc(C([2H])([2H])[2H])ccn5)ccc4)c4cccc(c42)-c2ccccc2-3)(c2c([2H])c([2H])c([2H])c([2H])c2[2H])c2c([2H])c([2H])c([2H])c([2H])c2[2H])c([2H])c1[2H].[Pt]. The van der Waals surface area contributed by atoms with Gasteiger partial charge in [0.05, 0.1) is 20.6 Å². The molecule has 0 saturated carbocycles. The molecule has 4 heterocycles. The average molecular weight is 1350 g/mol. The second kappa shape index (κ2) is 22.1. The molecule has 15 rings (SSSR count). The third-order valence-electron chi connectivity index (χ3n) is 16.6. The van der Waals surface area contributed by atoms with Crippen molar-refractivity contribution >= 4 is 61.7 Å². The Kier molecular flexibility index (Phi) is 9.86. The largest absolute Gasteiger partial charge is 0.509 e. The monoisotopic (exact) mass is 1350 g/mol. The van der Waals surface area contributed by atoms with Gasteiger partial charge in [0.2, 0.25) is 0 Å². The van der Waals surface area contributed by atoms with E-state index in [4.69, 9.17) is 13.0 Å². The van der Waals surface area contributed by atoms with Gasteiger partial charge in [-0.3, -0.25) is 0 Å². The van der Waals surface area contributed by atoms with Crippen molar-refractivity contribution < 1.29 is 55.0 Å². The molecule has 88 heavy (non-hydrogen) atoms. The molecule has 0 radical (unpaired) electrons. The first-order valence-electron chi connectivity index (χ1n) is 37.7. The van der Waals surface area contributed by atoms with E-state index in [0.29, 0.717) is 56.5 Å². The van der Waals surface area contributed by atoms with Gasteiger partial charge in [-0.2, -0.15) is 16.7 Å². The summed E-state index contributed by atoms with van der Waals surface area (Å²) in [6.07, 6.45) is 3.46. The fourth-order valence-corrected chi connectivity index (χ4v) is 16.3. The number of aromatic nitrogens is 4. The zero-order valence-corrected chi connectivity index (χ0v) is 52.0. The minimum absolute atomic E-state index is 0. The number of rotatable bonds is 9. The van der Waals surface area contributed by atoms with E-state index in [1.54, 1.807) is 30.3 Å². The first kappa shape index (κ1) is 39.4. The van der Waals surface area contributed by atoms with Crippen molar-refractivity contribution in [3.05, 3.63) is 296 Å². The number of fused-ring (bicyclic) bond motifs is 10. The topological polar surface area (TPSA) is 35.9 Å². The van der Waals surface area contributed by atoms with Crippen LogP contribution in [0.2, 0.25) is 0 Å². The standard InChI is InChI=1S/C81H65N4OSi.Pt/c1-54-44-45-82-77(46-54)85-74-38-20-19-34-69(74)70-42-40-60(51-76(70)85)86-59-25-21-24-58(50-59)83-53-84-78-65(55-47-56(80(2,3)4)49-57(48-55)81(5,6)7)35-22-36-72(78)73-52-64(41-43-68(73)66-32-17-18-33-67(66)71-37-23-39-75(83)79(71)84)87(61-26-11-8-12-27-61,62-28-13-9-14-29-62)63-30-15-10-16-31-63;/h8-49,52-53H,1-7H3;/q-1;/i1D3,8D,9D,10D,11D,12D,13D,14D,15D,16D,26D,27D,28D,29D,30D,31D;. The normalized spacial score (nSPS) is 15.2. The average Bonchev–Trinajstić information content (AvgIpc) is 0.924. The second-order valence-corrected chi connectivity index (χ2v) is 27.5. The van der Waals surface area contributed by atoms with Crippen molar-refractivity contribution in [1.82, 2.24) is 14.1 Å². The van der Waals surface area contributed by atoms with Crippen LogP contribution in [0, 0.1) is 19.0 Å². The van der Waals surface area contributed by atoms with Crippen LogP contribution in [0.5, 0.6) is 11.5 Å². The summed E-state index contributed by atoms with van der Waals surface area (Å²) in [5.74, 6) is 1.05. The molecule has 1 aliphatic heterocycles. The van der Waals surface area contributed by atoms with Crippen LogP contribution in [-0.2, 0) is 31.9 Å². The maximum absolute atomic E-state index is 9.97. The molecule has 0 spiro atoms. The van der Waals surface area contributed by atoms with Gasteiger partial charge in [-0.25, -0.2) is 9.55 Å². The summed E-state index contributed by atoms with van der Waals surface area (Å²) in [7, 11) is -5.65. The first-order valence-corrected chi connectivity index (χ1v) is 30.7. The summed E-state index contributed by atoms with van der Waals surface area (Å²) in [5.41, 5.74) is 10.8. The fourth-order valence-electron chi connectivity index (χ4n) is 12.5. The van der Waals surface area contributed by atoms with E-state index in [1.807, 2.05) is 125 Å². The Morgan fingerprint density at radius 3 is 1.76 bits per heavy atom. The molecular formula is C81H65N4OPtSi-. The first-order chi connectivity index (χ1) is 49.7. The van der Waals surface area contributed by atoms with Crippen molar-refractivity contribution in [2.45, 2.75) is 59.2 Å². The molecule has 14 aromatic rings. The predicted molar refractivity (Wildman–Crippen MR) is 362 cm³/mol. The summed E-state index contributed by atoms with van der Waals surface area (Å²) < 4.78 is 180. The fraction of sp³-hybridized carbons (Fsp3) is 0.111. The van der Waals surface area contributed by atoms with Crippen LogP contribution in [0.25, 0.3) is 94.5 Å². The second-order valence-electron chi connectivity index (χ2n) is 23.9. The number of para-hydroxylation sites is 3. The molecule has 1 aliphatic rings. The molecule has 0 unspecified atom stereocenters. The molecule has 0 atom stereocenters. The van der Waals surface area contributed by atoms with Crippen molar-refractivity contribution in [3.8, 4) is 73.2 Å². The minimum Gasteiger partial charge on any atom is -0.509 e. The molecule has 0 amide bonds. The van der Waals surface area contributed by atoms with Crippen molar-refractivity contribution in [3.63, 3.8) is 0 Å². The molecule has 0 fully saturated rings. The molecule has 5 nitrogen and oxygen atoms in total. The van der Waals surface area contributed by atoms with Crippen LogP contribution in [0.4, 0.5) is 0 Å². The van der Waals surface area contributed by atoms with Crippen molar-refractivity contribution in [2.75, 3.05) is 0 Å². The van der Waals surface area contributed by atoms with Crippen LogP contribution in [0.1, 0.15) is 82.9 Å². The van der Waals surface area contributed by atoms with Gasteiger partial charge in [-0.1, -0.05) is 247 Å². The number of ether oxygens (including phenoxy) is 1.